The molecule has 0 fully saturated rings. The minimum absolute atomic E-state index is 0.219. The van der Waals surface area contributed by atoms with Crippen molar-refractivity contribution in [1.82, 2.24) is 5.32 Å². The molecule has 0 saturated heterocycles. The lowest BCUT2D eigenvalue weighted by molar-refractivity contribution is 0.113. The van der Waals surface area contributed by atoms with Crippen LogP contribution in [-0.2, 0) is 6.54 Å². The molecule has 1 aliphatic carbocycles. The summed E-state index contributed by atoms with van der Waals surface area (Å²) in [7, 11) is 0. The Morgan fingerprint density at radius 2 is 1.76 bits per heavy atom. The van der Waals surface area contributed by atoms with Crippen LogP contribution in [-0.4, -0.2) is 17.3 Å². The van der Waals surface area contributed by atoms with Crippen LogP contribution in [0.5, 0.6) is 0 Å². The van der Waals surface area contributed by atoms with E-state index in [1.165, 1.54) is 5.56 Å². The van der Waals surface area contributed by atoms with Gasteiger partial charge in [0.05, 0.1) is 6.10 Å². The van der Waals surface area contributed by atoms with Crippen LogP contribution in [0.4, 0.5) is 0 Å². The van der Waals surface area contributed by atoms with E-state index in [4.69, 9.17) is 0 Å². The van der Waals surface area contributed by atoms with E-state index >= 15 is 0 Å². The maximum Gasteiger partial charge on any atom is 0.0696 e. The average Bonchev–Trinajstić information content (AvgIpc) is 2.35. The van der Waals surface area contributed by atoms with Gasteiger partial charge in [-0.15, -0.1) is 0 Å². The molecule has 1 aliphatic rings. The summed E-state index contributed by atoms with van der Waals surface area (Å²) in [5.74, 6) is 0. The molecule has 2 unspecified atom stereocenters. The van der Waals surface area contributed by atoms with Gasteiger partial charge in [-0.05, 0) is 31.2 Å². The summed E-state index contributed by atoms with van der Waals surface area (Å²) in [4.78, 5) is 0. The number of benzene rings is 1. The molecule has 2 heteroatoms. The Bertz CT molecular complexity index is 347. The lowest BCUT2D eigenvalue weighted by Crippen LogP contribution is -2.39. The van der Waals surface area contributed by atoms with Crippen molar-refractivity contribution in [2.75, 3.05) is 0 Å². The first kappa shape index (κ1) is 12.3. The second-order valence-corrected chi connectivity index (χ2v) is 4.67. The van der Waals surface area contributed by atoms with E-state index in [1.807, 2.05) is 18.2 Å². The van der Waals surface area contributed by atoms with Crippen molar-refractivity contribution in [1.29, 1.82) is 0 Å². The van der Waals surface area contributed by atoms with E-state index in [0.717, 1.165) is 32.2 Å². The summed E-state index contributed by atoms with van der Waals surface area (Å²) in [6.45, 7) is 0.840. The fourth-order valence-corrected chi connectivity index (χ4v) is 2.25. The second kappa shape index (κ2) is 6.58. The molecule has 0 saturated carbocycles. The molecule has 0 spiro atoms. The van der Waals surface area contributed by atoms with Crippen LogP contribution >= 0.6 is 0 Å². The van der Waals surface area contributed by atoms with Crippen LogP contribution in [0.15, 0.2) is 42.5 Å². The van der Waals surface area contributed by atoms with Gasteiger partial charge in [-0.1, -0.05) is 42.5 Å². The summed E-state index contributed by atoms with van der Waals surface area (Å²) < 4.78 is 0. The highest BCUT2D eigenvalue weighted by atomic mass is 16.3. The van der Waals surface area contributed by atoms with Gasteiger partial charge in [-0.3, -0.25) is 0 Å². The fraction of sp³-hybridized carbons (Fsp3) is 0.467. The highest BCUT2D eigenvalue weighted by molar-refractivity contribution is 5.14. The van der Waals surface area contributed by atoms with Gasteiger partial charge >= 0.3 is 0 Å². The average molecular weight is 231 g/mol. The predicted octanol–water partition coefficient (Wildman–Crippen LogP) is 2.64. The molecule has 2 N–H and O–H groups in total. The topological polar surface area (TPSA) is 32.3 Å². The van der Waals surface area contributed by atoms with Gasteiger partial charge in [-0.2, -0.15) is 0 Å². The van der Waals surface area contributed by atoms with E-state index in [2.05, 4.69) is 29.6 Å². The highest BCUT2D eigenvalue weighted by Gasteiger charge is 2.18. The molecule has 92 valence electrons. The Morgan fingerprint density at radius 1 is 1.06 bits per heavy atom. The Balaban J connectivity index is 1.86. The smallest absolute Gasteiger partial charge is 0.0696 e. The third-order valence-corrected chi connectivity index (χ3v) is 3.32. The zero-order valence-corrected chi connectivity index (χ0v) is 10.2. The number of hydrogen-bond donors (Lipinski definition) is 2. The van der Waals surface area contributed by atoms with Gasteiger partial charge in [0.15, 0.2) is 0 Å². The quantitative estimate of drug-likeness (QED) is 0.784. The summed E-state index contributed by atoms with van der Waals surface area (Å²) >= 11 is 0. The first-order valence-corrected chi connectivity index (χ1v) is 6.46. The van der Waals surface area contributed by atoms with Gasteiger partial charge in [0.2, 0.25) is 0 Å². The SMILES string of the molecule is OC1CC/C=C\CCC1NCc1ccccc1. The standard InChI is InChI=1S/C15H21NO/c17-15-11-7-2-1-6-10-14(15)16-12-13-8-4-3-5-9-13/h1-5,8-9,14-17H,6-7,10-12H2/b2-1-. The monoisotopic (exact) mass is 231 g/mol. The molecule has 0 amide bonds. The lowest BCUT2D eigenvalue weighted by atomic mass is 9.98. The van der Waals surface area contributed by atoms with Gasteiger partial charge in [0.1, 0.15) is 0 Å². The number of allylic oxidation sites excluding steroid dienone is 2. The van der Waals surface area contributed by atoms with Crippen molar-refractivity contribution in [3.05, 3.63) is 48.0 Å². The van der Waals surface area contributed by atoms with Gasteiger partial charge in [0, 0.05) is 12.6 Å². The summed E-state index contributed by atoms with van der Waals surface area (Å²) in [6.07, 6.45) is 8.12. The summed E-state index contributed by atoms with van der Waals surface area (Å²) in [5.41, 5.74) is 1.28. The number of nitrogens with one attached hydrogen (secondary N) is 1. The molecule has 0 bridgehead atoms. The third kappa shape index (κ3) is 3.99. The normalized spacial score (nSPS) is 27.1. The maximum absolute atomic E-state index is 10.1. The van der Waals surface area contributed by atoms with Crippen LogP contribution in [0.1, 0.15) is 31.2 Å². The first-order valence-electron chi connectivity index (χ1n) is 6.46. The maximum atomic E-state index is 10.1. The molecule has 1 aromatic rings. The van der Waals surface area contributed by atoms with Crippen molar-refractivity contribution in [2.24, 2.45) is 0 Å². The molecule has 17 heavy (non-hydrogen) atoms. The molecule has 2 rings (SSSR count). The van der Waals surface area contributed by atoms with E-state index < -0.39 is 0 Å². The molecular formula is C15H21NO. The van der Waals surface area contributed by atoms with Crippen LogP contribution in [0.2, 0.25) is 0 Å². The number of aliphatic hydroxyl groups excluding tert-OH is 1. The second-order valence-electron chi connectivity index (χ2n) is 4.67. The van der Waals surface area contributed by atoms with Crippen LogP contribution in [0.25, 0.3) is 0 Å². The predicted molar refractivity (Wildman–Crippen MR) is 70.7 cm³/mol. The molecule has 2 atom stereocenters. The zero-order chi connectivity index (χ0) is 11.9. The molecular weight excluding hydrogens is 210 g/mol. The number of hydrogen-bond acceptors (Lipinski definition) is 2. The molecule has 0 radical (unpaired) electrons. The van der Waals surface area contributed by atoms with Gasteiger partial charge < -0.3 is 10.4 Å². The van der Waals surface area contributed by atoms with Crippen LogP contribution in [0, 0.1) is 0 Å². The molecule has 0 heterocycles. The Hall–Kier alpha value is -1.12. The van der Waals surface area contributed by atoms with Crippen LogP contribution < -0.4 is 5.32 Å². The molecule has 0 aliphatic heterocycles. The minimum atomic E-state index is -0.219. The molecule has 2 nitrogen and oxygen atoms in total. The van der Waals surface area contributed by atoms with Crippen molar-refractivity contribution >= 4 is 0 Å². The Morgan fingerprint density at radius 3 is 2.53 bits per heavy atom. The number of rotatable bonds is 3. The summed E-state index contributed by atoms with van der Waals surface area (Å²) in [5, 5.41) is 13.5. The minimum Gasteiger partial charge on any atom is -0.391 e. The Labute approximate surface area is 103 Å². The van der Waals surface area contributed by atoms with Gasteiger partial charge in [0.25, 0.3) is 0 Å². The summed E-state index contributed by atoms with van der Waals surface area (Å²) in [6, 6.07) is 10.6. The van der Waals surface area contributed by atoms with E-state index in [9.17, 15) is 5.11 Å². The van der Waals surface area contributed by atoms with Crippen molar-refractivity contribution < 1.29 is 5.11 Å². The lowest BCUT2D eigenvalue weighted by Gasteiger charge is -2.25. The van der Waals surface area contributed by atoms with E-state index in [-0.39, 0.29) is 12.1 Å². The fourth-order valence-electron chi connectivity index (χ4n) is 2.25. The number of aliphatic hydroxyl groups is 1. The van der Waals surface area contributed by atoms with Crippen LogP contribution in [0.3, 0.4) is 0 Å². The van der Waals surface area contributed by atoms with E-state index in [1.54, 1.807) is 0 Å². The zero-order valence-electron chi connectivity index (χ0n) is 10.2. The largest absolute Gasteiger partial charge is 0.391 e. The van der Waals surface area contributed by atoms with Crippen molar-refractivity contribution in [2.45, 2.75) is 44.4 Å². The highest BCUT2D eigenvalue weighted by Crippen LogP contribution is 2.14. The van der Waals surface area contributed by atoms with Gasteiger partial charge in [-0.25, -0.2) is 0 Å². The van der Waals surface area contributed by atoms with Crippen molar-refractivity contribution in [3.8, 4) is 0 Å². The third-order valence-electron chi connectivity index (χ3n) is 3.32. The Kier molecular flexibility index (Phi) is 4.77. The molecule has 0 aromatic heterocycles. The van der Waals surface area contributed by atoms with Crippen molar-refractivity contribution in [3.63, 3.8) is 0 Å². The molecule has 1 aromatic carbocycles. The van der Waals surface area contributed by atoms with E-state index in [0.29, 0.717) is 0 Å². The first-order chi connectivity index (χ1) is 8.36.